The van der Waals surface area contributed by atoms with Crippen LogP contribution in [0, 0.1) is 5.92 Å². The van der Waals surface area contributed by atoms with E-state index in [2.05, 4.69) is 4.90 Å². The van der Waals surface area contributed by atoms with Gasteiger partial charge >= 0.3 is 0 Å². The second-order valence-corrected chi connectivity index (χ2v) is 8.46. The standard InChI is InChI=1S/C20H24ClN3O3/c21-16-7-15-17(6-13(16)9-25)22-19-14-2-1-4-23(8-12-10-27-11-12)18(14)3-5-24(19)20(15)26/h6-7,12,14,18,25H,1-5,8-11H2/t14-,18+/m1/s1. The zero-order valence-corrected chi connectivity index (χ0v) is 16.0. The van der Waals surface area contributed by atoms with Gasteiger partial charge in [0.1, 0.15) is 5.82 Å². The zero-order chi connectivity index (χ0) is 18.5. The Bertz CT molecular complexity index is 940. The summed E-state index contributed by atoms with van der Waals surface area (Å²) >= 11 is 6.20. The largest absolute Gasteiger partial charge is 0.392 e. The number of hydrogen-bond acceptors (Lipinski definition) is 5. The molecule has 5 rings (SSSR count). The van der Waals surface area contributed by atoms with Crippen molar-refractivity contribution in [3.8, 4) is 0 Å². The number of nitrogens with zero attached hydrogens (tertiary/aromatic N) is 3. The van der Waals surface area contributed by atoms with Gasteiger partial charge in [-0.05, 0) is 43.5 Å². The summed E-state index contributed by atoms with van der Waals surface area (Å²) in [7, 11) is 0. The predicted molar refractivity (Wildman–Crippen MR) is 103 cm³/mol. The van der Waals surface area contributed by atoms with Crippen molar-refractivity contribution in [1.82, 2.24) is 14.5 Å². The van der Waals surface area contributed by atoms with Crippen molar-refractivity contribution >= 4 is 22.5 Å². The smallest absolute Gasteiger partial charge is 0.261 e. The summed E-state index contributed by atoms with van der Waals surface area (Å²) in [5.41, 5.74) is 1.25. The molecule has 1 aromatic carbocycles. The first-order chi connectivity index (χ1) is 13.2. The van der Waals surface area contributed by atoms with Crippen LogP contribution in [-0.4, -0.2) is 51.9 Å². The fourth-order valence-electron chi connectivity index (χ4n) is 4.94. The Kier molecular flexibility index (Phi) is 4.47. The molecule has 7 heteroatoms. The van der Waals surface area contributed by atoms with Crippen LogP contribution in [0.4, 0.5) is 0 Å². The van der Waals surface area contributed by atoms with Crippen LogP contribution in [0.2, 0.25) is 5.02 Å². The maximum absolute atomic E-state index is 13.1. The lowest BCUT2D eigenvalue weighted by Gasteiger charge is -2.46. The second kappa shape index (κ2) is 6.85. The molecule has 2 aromatic rings. The lowest BCUT2D eigenvalue weighted by atomic mass is 9.83. The van der Waals surface area contributed by atoms with E-state index < -0.39 is 0 Å². The van der Waals surface area contributed by atoms with Crippen molar-refractivity contribution in [3.63, 3.8) is 0 Å². The van der Waals surface area contributed by atoms with Crippen LogP contribution in [0.5, 0.6) is 0 Å². The molecule has 1 N–H and O–H groups in total. The highest BCUT2D eigenvalue weighted by atomic mass is 35.5. The molecule has 0 saturated carbocycles. The third-order valence-electron chi connectivity index (χ3n) is 6.40. The second-order valence-electron chi connectivity index (χ2n) is 8.05. The number of hydrogen-bond donors (Lipinski definition) is 1. The molecule has 2 fully saturated rings. The Hall–Kier alpha value is -1.47. The van der Waals surface area contributed by atoms with E-state index in [4.69, 9.17) is 21.3 Å². The highest BCUT2D eigenvalue weighted by molar-refractivity contribution is 6.32. The van der Waals surface area contributed by atoms with Crippen LogP contribution in [0.3, 0.4) is 0 Å². The molecule has 0 radical (unpaired) electrons. The minimum absolute atomic E-state index is 0.00986. The molecule has 0 aliphatic carbocycles. The first-order valence-electron chi connectivity index (χ1n) is 9.81. The number of fused-ring (bicyclic) bond motifs is 4. The van der Waals surface area contributed by atoms with Gasteiger partial charge in [0.25, 0.3) is 5.56 Å². The van der Waals surface area contributed by atoms with Gasteiger partial charge in [0.05, 0.1) is 30.7 Å². The van der Waals surface area contributed by atoms with Gasteiger partial charge < -0.3 is 9.84 Å². The predicted octanol–water partition coefficient (Wildman–Crippen LogP) is 2.14. The monoisotopic (exact) mass is 389 g/mol. The zero-order valence-electron chi connectivity index (χ0n) is 15.2. The average Bonchev–Trinajstić information content (AvgIpc) is 2.65. The van der Waals surface area contributed by atoms with Gasteiger partial charge in [-0.3, -0.25) is 14.3 Å². The Labute approximate surface area is 162 Å². The summed E-state index contributed by atoms with van der Waals surface area (Å²) in [6, 6.07) is 3.87. The molecule has 2 saturated heterocycles. The molecule has 3 aliphatic rings. The third-order valence-corrected chi connectivity index (χ3v) is 6.75. The fourth-order valence-corrected chi connectivity index (χ4v) is 5.17. The van der Waals surface area contributed by atoms with Gasteiger partial charge in [0.2, 0.25) is 0 Å². The molecule has 144 valence electrons. The van der Waals surface area contributed by atoms with E-state index in [9.17, 15) is 9.90 Å². The molecule has 4 heterocycles. The normalized spacial score (nSPS) is 25.9. The molecular weight excluding hydrogens is 366 g/mol. The number of aliphatic hydroxyl groups excluding tert-OH is 1. The number of ether oxygens (including phenoxy) is 1. The molecule has 3 aliphatic heterocycles. The lowest BCUT2D eigenvalue weighted by Crippen LogP contribution is -2.52. The van der Waals surface area contributed by atoms with E-state index in [1.165, 1.54) is 0 Å². The number of aliphatic hydroxyl groups is 1. The number of benzene rings is 1. The Morgan fingerprint density at radius 2 is 2.11 bits per heavy atom. The SMILES string of the molecule is O=c1c2cc(Cl)c(CO)cc2nc2n1CC[C@H]1[C@H]2CCCN1CC1COC1. The van der Waals surface area contributed by atoms with Crippen LogP contribution < -0.4 is 5.56 Å². The molecule has 0 bridgehead atoms. The highest BCUT2D eigenvalue weighted by Crippen LogP contribution is 2.38. The van der Waals surface area contributed by atoms with Gasteiger partial charge in [-0.15, -0.1) is 0 Å². The third kappa shape index (κ3) is 2.90. The Morgan fingerprint density at radius 3 is 2.85 bits per heavy atom. The van der Waals surface area contributed by atoms with E-state index in [1.807, 2.05) is 4.57 Å². The van der Waals surface area contributed by atoms with Crippen molar-refractivity contribution in [2.24, 2.45) is 5.92 Å². The van der Waals surface area contributed by atoms with Crippen molar-refractivity contribution in [2.45, 2.75) is 44.4 Å². The maximum Gasteiger partial charge on any atom is 0.261 e. The van der Waals surface area contributed by atoms with E-state index in [0.29, 0.717) is 45.9 Å². The number of rotatable bonds is 3. The summed E-state index contributed by atoms with van der Waals surface area (Å²) < 4.78 is 7.20. The summed E-state index contributed by atoms with van der Waals surface area (Å²) in [5, 5.41) is 10.5. The topological polar surface area (TPSA) is 67.6 Å². The van der Waals surface area contributed by atoms with Crippen LogP contribution in [-0.2, 0) is 17.9 Å². The Balaban J connectivity index is 1.56. The minimum Gasteiger partial charge on any atom is -0.392 e. The van der Waals surface area contributed by atoms with Gasteiger partial charge in [-0.2, -0.15) is 0 Å². The van der Waals surface area contributed by atoms with Gasteiger partial charge in [-0.1, -0.05) is 11.6 Å². The molecule has 0 spiro atoms. The molecule has 1 aromatic heterocycles. The van der Waals surface area contributed by atoms with E-state index in [1.54, 1.807) is 12.1 Å². The quantitative estimate of drug-likeness (QED) is 0.871. The van der Waals surface area contributed by atoms with Crippen molar-refractivity contribution in [2.75, 3.05) is 26.3 Å². The van der Waals surface area contributed by atoms with Crippen molar-refractivity contribution in [1.29, 1.82) is 0 Å². The number of likely N-dealkylation sites (tertiary alicyclic amines) is 1. The molecule has 27 heavy (non-hydrogen) atoms. The molecular formula is C20H24ClN3O3. The number of halogens is 1. The number of aromatic nitrogens is 2. The van der Waals surface area contributed by atoms with Gasteiger partial charge in [-0.25, -0.2) is 4.98 Å². The first kappa shape index (κ1) is 17.6. The van der Waals surface area contributed by atoms with Crippen LogP contribution in [0.1, 0.15) is 36.6 Å². The Morgan fingerprint density at radius 1 is 1.26 bits per heavy atom. The van der Waals surface area contributed by atoms with Crippen molar-refractivity contribution in [3.05, 3.63) is 38.9 Å². The van der Waals surface area contributed by atoms with Crippen LogP contribution >= 0.6 is 11.6 Å². The van der Waals surface area contributed by atoms with Gasteiger partial charge in [0, 0.05) is 36.0 Å². The minimum atomic E-state index is -0.155. The summed E-state index contributed by atoms with van der Waals surface area (Å²) in [5.74, 6) is 1.84. The van der Waals surface area contributed by atoms with E-state index >= 15 is 0 Å². The van der Waals surface area contributed by atoms with E-state index in [-0.39, 0.29) is 12.2 Å². The molecule has 6 nitrogen and oxygen atoms in total. The summed E-state index contributed by atoms with van der Waals surface area (Å²) in [6.45, 7) is 4.51. The summed E-state index contributed by atoms with van der Waals surface area (Å²) in [4.78, 5) is 20.6. The summed E-state index contributed by atoms with van der Waals surface area (Å²) in [6.07, 6.45) is 3.19. The van der Waals surface area contributed by atoms with Crippen LogP contribution in [0.25, 0.3) is 10.9 Å². The van der Waals surface area contributed by atoms with Crippen LogP contribution in [0.15, 0.2) is 16.9 Å². The molecule has 0 unspecified atom stereocenters. The molecule has 0 amide bonds. The van der Waals surface area contributed by atoms with Crippen molar-refractivity contribution < 1.29 is 9.84 Å². The molecule has 2 atom stereocenters. The highest BCUT2D eigenvalue weighted by Gasteiger charge is 2.39. The number of piperidine rings is 1. The van der Waals surface area contributed by atoms with Gasteiger partial charge in [0.15, 0.2) is 0 Å². The lowest BCUT2D eigenvalue weighted by molar-refractivity contribution is -0.0590. The maximum atomic E-state index is 13.1. The average molecular weight is 390 g/mol. The van der Waals surface area contributed by atoms with E-state index in [0.717, 1.165) is 51.4 Å². The first-order valence-corrected chi connectivity index (χ1v) is 10.2. The fraction of sp³-hybridized carbons (Fsp3) is 0.600.